The lowest BCUT2D eigenvalue weighted by molar-refractivity contribution is -0.114. The number of carbonyl (C=O) groups is 2. The maximum absolute atomic E-state index is 11.9. The van der Waals surface area contributed by atoms with Crippen molar-refractivity contribution in [3.63, 3.8) is 0 Å². The first-order valence-electron chi connectivity index (χ1n) is 8.82. The zero-order valence-corrected chi connectivity index (χ0v) is 15.4. The molecule has 0 bridgehead atoms. The average molecular weight is 359 g/mol. The highest BCUT2D eigenvalue weighted by Crippen LogP contribution is 2.23. The van der Waals surface area contributed by atoms with E-state index in [4.69, 9.17) is 4.74 Å². The Morgan fingerprint density at radius 1 is 0.963 bits per heavy atom. The molecule has 0 saturated carbocycles. The number of anilines is 1. The maximum Gasteiger partial charge on any atom is 0.338 e. The normalized spacial score (nSPS) is 10.9. The molecule has 0 fully saturated rings. The Morgan fingerprint density at radius 2 is 1.74 bits per heavy atom. The number of ether oxygens (including phenoxy) is 1. The summed E-state index contributed by atoms with van der Waals surface area (Å²) >= 11 is 0. The van der Waals surface area contributed by atoms with Crippen molar-refractivity contribution in [1.82, 2.24) is 0 Å². The summed E-state index contributed by atoms with van der Waals surface area (Å²) in [5.41, 5.74) is 2.84. The minimum atomic E-state index is -0.408. The van der Waals surface area contributed by atoms with Gasteiger partial charge in [-0.05, 0) is 47.0 Å². The molecule has 0 atom stereocenters. The second-order valence-corrected chi connectivity index (χ2v) is 6.14. The Hall–Kier alpha value is -3.40. The van der Waals surface area contributed by atoms with Crippen molar-refractivity contribution < 1.29 is 14.3 Å². The first-order valence-corrected chi connectivity index (χ1v) is 8.82. The highest BCUT2D eigenvalue weighted by atomic mass is 16.5. The summed E-state index contributed by atoms with van der Waals surface area (Å²) in [5.74, 6) is -0.606. The molecular weight excluding hydrogens is 338 g/mol. The zero-order chi connectivity index (χ0) is 19.2. The van der Waals surface area contributed by atoms with Crippen LogP contribution in [0.2, 0.25) is 0 Å². The number of esters is 1. The molecule has 27 heavy (non-hydrogen) atoms. The molecule has 3 rings (SSSR count). The molecule has 3 aromatic rings. The number of nitrogens with one attached hydrogen (secondary N) is 1. The van der Waals surface area contributed by atoms with E-state index in [1.807, 2.05) is 30.4 Å². The molecule has 0 aromatic heterocycles. The lowest BCUT2D eigenvalue weighted by Gasteiger charge is -2.09. The monoisotopic (exact) mass is 359 g/mol. The van der Waals surface area contributed by atoms with Crippen LogP contribution >= 0.6 is 0 Å². The van der Waals surface area contributed by atoms with Gasteiger partial charge < -0.3 is 10.1 Å². The van der Waals surface area contributed by atoms with Crippen LogP contribution in [0, 0.1) is 0 Å². The van der Waals surface area contributed by atoms with Crippen molar-refractivity contribution in [3.05, 3.63) is 77.4 Å². The molecule has 0 radical (unpaired) electrons. The highest BCUT2D eigenvalue weighted by Gasteiger charge is 2.10. The van der Waals surface area contributed by atoms with E-state index in [2.05, 4.69) is 29.6 Å². The third-order valence-electron chi connectivity index (χ3n) is 4.10. The van der Waals surface area contributed by atoms with Crippen LogP contribution in [0.5, 0.6) is 0 Å². The third-order valence-corrected chi connectivity index (χ3v) is 4.10. The molecule has 3 aromatic carbocycles. The summed E-state index contributed by atoms with van der Waals surface area (Å²) in [6, 6.07) is 19.5. The summed E-state index contributed by atoms with van der Waals surface area (Å²) < 4.78 is 5.03. The van der Waals surface area contributed by atoms with Crippen LogP contribution in [-0.2, 0) is 9.53 Å². The summed E-state index contributed by atoms with van der Waals surface area (Å²) in [6.45, 7) is 3.50. The van der Waals surface area contributed by atoms with E-state index in [0.29, 0.717) is 17.9 Å². The minimum Gasteiger partial charge on any atom is -0.462 e. The van der Waals surface area contributed by atoms with E-state index < -0.39 is 5.97 Å². The van der Waals surface area contributed by atoms with E-state index in [1.165, 1.54) is 17.7 Å². The van der Waals surface area contributed by atoms with Crippen molar-refractivity contribution in [2.75, 3.05) is 11.9 Å². The van der Waals surface area contributed by atoms with E-state index in [9.17, 15) is 9.59 Å². The molecule has 0 spiro atoms. The molecule has 0 saturated heterocycles. The van der Waals surface area contributed by atoms with Crippen molar-refractivity contribution >= 4 is 40.5 Å². The Morgan fingerprint density at radius 3 is 2.48 bits per heavy atom. The number of benzene rings is 3. The van der Waals surface area contributed by atoms with Crippen molar-refractivity contribution in [3.8, 4) is 0 Å². The number of fused-ring (bicyclic) bond motifs is 1. The number of carbonyl (C=O) groups excluding carboxylic acids is 2. The number of amides is 1. The van der Waals surface area contributed by atoms with Crippen LogP contribution in [-0.4, -0.2) is 18.5 Å². The van der Waals surface area contributed by atoms with Gasteiger partial charge in [-0.25, -0.2) is 4.79 Å². The summed E-state index contributed by atoms with van der Waals surface area (Å²) in [5, 5.41) is 5.13. The van der Waals surface area contributed by atoms with Crippen molar-refractivity contribution in [1.29, 1.82) is 0 Å². The van der Waals surface area contributed by atoms with E-state index in [0.717, 1.165) is 11.1 Å². The molecule has 1 amide bonds. The van der Waals surface area contributed by atoms with Gasteiger partial charge in [-0.1, -0.05) is 54.6 Å². The summed E-state index contributed by atoms with van der Waals surface area (Å²) in [4.78, 5) is 23.5. The molecule has 0 aliphatic rings. The Bertz CT molecular complexity index is 1020. The molecule has 0 heterocycles. The summed E-state index contributed by atoms with van der Waals surface area (Å²) in [6.07, 6.45) is 3.90. The van der Waals surface area contributed by atoms with E-state index in [1.54, 1.807) is 25.1 Å². The third kappa shape index (κ3) is 4.61. The Balaban J connectivity index is 1.92. The molecule has 0 aliphatic heterocycles. The van der Waals surface area contributed by atoms with Gasteiger partial charge in [0.15, 0.2) is 0 Å². The molecule has 136 valence electrons. The Labute approximate surface area is 158 Å². The fraction of sp³-hybridized carbons (Fsp3) is 0.130. The van der Waals surface area contributed by atoms with E-state index >= 15 is 0 Å². The number of hydrogen-bond acceptors (Lipinski definition) is 3. The topological polar surface area (TPSA) is 55.4 Å². The van der Waals surface area contributed by atoms with Crippen LogP contribution < -0.4 is 5.32 Å². The fourth-order valence-electron chi connectivity index (χ4n) is 2.84. The number of hydrogen-bond donors (Lipinski definition) is 1. The molecule has 1 N–H and O–H groups in total. The predicted molar refractivity (Wildman–Crippen MR) is 110 cm³/mol. The Kier molecular flexibility index (Phi) is 5.67. The fourth-order valence-corrected chi connectivity index (χ4v) is 2.84. The standard InChI is InChI=1S/C23H21NO3/c1-3-27-23(26)21-13-12-19(22(15-21)24-16(2)25)11-9-17-8-10-18-6-4-5-7-20(18)14-17/h4-15H,3H2,1-2H3,(H,24,25)/b11-9+. The van der Waals surface area contributed by atoms with Gasteiger partial charge in [0.1, 0.15) is 0 Å². The lowest BCUT2D eigenvalue weighted by atomic mass is 10.0. The van der Waals surface area contributed by atoms with Gasteiger partial charge in [0, 0.05) is 12.6 Å². The van der Waals surface area contributed by atoms with Crippen LogP contribution in [0.15, 0.2) is 60.7 Å². The van der Waals surface area contributed by atoms with Gasteiger partial charge >= 0.3 is 5.97 Å². The first-order chi connectivity index (χ1) is 13.1. The van der Waals surface area contributed by atoms with Gasteiger partial charge in [-0.15, -0.1) is 0 Å². The smallest absolute Gasteiger partial charge is 0.338 e. The van der Waals surface area contributed by atoms with Crippen LogP contribution in [0.25, 0.3) is 22.9 Å². The van der Waals surface area contributed by atoms with Crippen LogP contribution in [0.4, 0.5) is 5.69 Å². The van der Waals surface area contributed by atoms with Gasteiger partial charge in [0.05, 0.1) is 12.2 Å². The van der Waals surface area contributed by atoms with Crippen LogP contribution in [0.1, 0.15) is 35.3 Å². The highest BCUT2D eigenvalue weighted by molar-refractivity contribution is 5.97. The molecule has 0 unspecified atom stereocenters. The minimum absolute atomic E-state index is 0.198. The predicted octanol–water partition coefficient (Wildman–Crippen LogP) is 5.15. The first kappa shape index (κ1) is 18.4. The van der Waals surface area contributed by atoms with Crippen molar-refractivity contribution in [2.45, 2.75) is 13.8 Å². The van der Waals surface area contributed by atoms with Crippen LogP contribution in [0.3, 0.4) is 0 Å². The maximum atomic E-state index is 11.9. The second-order valence-electron chi connectivity index (χ2n) is 6.14. The SMILES string of the molecule is CCOC(=O)c1ccc(/C=C/c2ccc3ccccc3c2)c(NC(C)=O)c1. The lowest BCUT2D eigenvalue weighted by Crippen LogP contribution is -2.10. The molecule has 4 nitrogen and oxygen atoms in total. The molecule has 4 heteroatoms. The molecular formula is C23H21NO3. The van der Waals surface area contributed by atoms with Gasteiger partial charge in [-0.3, -0.25) is 4.79 Å². The van der Waals surface area contributed by atoms with Gasteiger partial charge in [-0.2, -0.15) is 0 Å². The summed E-state index contributed by atoms with van der Waals surface area (Å²) in [7, 11) is 0. The zero-order valence-electron chi connectivity index (χ0n) is 15.4. The quantitative estimate of drug-likeness (QED) is 0.506. The largest absolute Gasteiger partial charge is 0.462 e. The van der Waals surface area contributed by atoms with E-state index in [-0.39, 0.29) is 5.91 Å². The average Bonchev–Trinajstić information content (AvgIpc) is 2.66. The van der Waals surface area contributed by atoms with Gasteiger partial charge in [0.25, 0.3) is 0 Å². The number of rotatable bonds is 5. The van der Waals surface area contributed by atoms with Crippen molar-refractivity contribution in [2.24, 2.45) is 0 Å². The molecule has 0 aliphatic carbocycles. The second kappa shape index (κ2) is 8.32. The van der Waals surface area contributed by atoms with Gasteiger partial charge in [0.2, 0.25) is 5.91 Å².